The second-order valence-electron chi connectivity index (χ2n) is 3.31. The van der Waals surface area contributed by atoms with Gasteiger partial charge in [0.1, 0.15) is 5.92 Å². The molecule has 1 amide bonds. The Hall–Kier alpha value is -1.36. The molecule has 0 spiro atoms. The molecular weight excluding hydrogens is 214 g/mol. The van der Waals surface area contributed by atoms with Gasteiger partial charge in [0.15, 0.2) is 0 Å². The van der Waals surface area contributed by atoms with E-state index in [-0.39, 0.29) is 6.04 Å². The van der Waals surface area contributed by atoms with E-state index in [0.29, 0.717) is 0 Å². The Bertz CT molecular complexity index is 348. The van der Waals surface area contributed by atoms with Crippen molar-refractivity contribution in [2.45, 2.75) is 19.9 Å². The fourth-order valence-corrected chi connectivity index (χ4v) is 1.79. The van der Waals surface area contributed by atoms with Gasteiger partial charge in [0.05, 0.1) is 6.04 Å². The molecule has 82 valence electrons. The first kappa shape index (κ1) is 11.7. The Balaban J connectivity index is 2.56. The Morgan fingerprint density at radius 1 is 1.47 bits per heavy atom. The van der Waals surface area contributed by atoms with Crippen LogP contribution in [0.2, 0.25) is 0 Å². The van der Waals surface area contributed by atoms with Crippen LogP contribution < -0.4 is 5.32 Å². The van der Waals surface area contributed by atoms with Crippen LogP contribution in [-0.4, -0.2) is 17.0 Å². The van der Waals surface area contributed by atoms with Crippen molar-refractivity contribution in [3.63, 3.8) is 0 Å². The lowest BCUT2D eigenvalue weighted by Gasteiger charge is -2.14. The predicted octanol–water partition coefficient (Wildman–Crippen LogP) is 1.65. The van der Waals surface area contributed by atoms with Gasteiger partial charge in [-0.15, -0.1) is 11.3 Å². The molecule has 0 bridgehead atoms. The minimum atomic E-state index is -1.11. The molecule has 0 fully saturated rings. The molecular formula is C10H13NO3S. The zero-order chi connectivity index (χ0) is 11.4. The van der Waals surface area contributed by atoms with E-state index in [9.17, 15) is 9.59 Å². The Morgan fingerprint density at radius 2 is 2.13 bits per heavy atom. The molecule has 0 radical (unpaired) electrons. The predicted molar refractivity (Wildman–Crippen MR) is 57.7 cm³/mol. The molecule has 1 aromatic heterocycles. The number of amides is 1. The average molecular weight is 227 g/mol. The Labute approximate surface area is 91.9 Å². The Kier molecular flexibility index (Phi) is 3.85. The van der Waals surface area contributed by atoms with Crippen LogP contribution in [0.1, 0.15) is 24.8 Å². The van der Waals surface area contributed by atoms with Crippen molar-refractivity contribution in [2.75, 3.05) is 0 Å². The van der Waals surface area contributed by atoms with E-state index in [0.717, 1.165) is 4.88 Å². The van der Waals surface area contributed by atoms with Crippen LogP contribution in [0.25, 0.3) is 0 Å². The highest BCUT2D eigenvalue weighted by molar-refractivity contribution is 7.10. The first-order valence-corrected chi connectivity index (χ1v) is 5.47. The number of thiophene rings is 1. The number of hydrogen-bond acceptors (Lipinski definition) is 3. The van der Waals surface area contributed by atoms with Gasteiger partial charge in [0.2, 0.25) is 5.91 Å². The lowest BCUT2D eigenvalue weighted by atomic mass is 10.1. The molecule has 2 N–H and O–H groups in total. The third kappa shape index (κ3) is 3.06. The van der Waals surface area contributed by atoms with Crippen molar-refractivity contribution < 1.29 is 14.7 Å². The fourth-order valence-electron chi connectivity index (χ4n) is 1.06. The molecule has 5 heteroatoms. The summed E-state index contributed by atoms with van der Waals surface area (Å²) in [5, 5.41) is 13.2. The number of rotatable bonds is 4. The van der Waals surface area contributed by atoms with E-state index in [1.54, 1.807) is 0 Å². The summed E-state index contributed by atoms with van der Waals surface area (Å²) in [6.45, 7) is 3.21. The first-order valence-electron chi connectivity index (χ1n) is 4.59. The lowest BCUT2D eigenvalue weighted by molar-refractivity contribution is -0.146. The van der Waals surface area contributed by atoms with Crippen LogP contribution in [0.4, 0.5) is 0 Å². The van der Waals surface area contributed by atoms with Crippen molar-refractivity contribution in [3.8, 4) is 0 Å². The zero-order valence-electron chi connectivity index (χ0n) is 8.56. The third-order valence-electron chi connectivity index (χ3n) is 2.09. The molecule has 15 heavy (non-hydrogen) atoms. The molecule has 0 aliphatic rings. The van der Waals surface area contributed by atoms with Crippen LogP contribution in [0, 0.1) is 5.92 Å². The van der Waals surface area contributed by atoms with Gasteiger partial charge in [-0.25, -0.2) is 0 Å². The standard InChI is InChI=1S/C10H13NO3S/c1-6(10(13)14)9(12)11-7(2)8-4-3-5-15-8/h3-7H,1-2H3,(H,11,12)(H,13,14). The van der Waals surface area contributed by atoms with E-state index in [2.05, 4.69) is 5.32 Å². The number of carbonyl (C=O) groups excluding carboxylic acids is 1. The second-order valence-corrected chi connectivity index (χ2v) is 4.28. The molecule has 1 heterocycles. The molecule has 0 aliphatic heterocycles. The topological polar surface area (TPSA) is 66.4 Å². The van der Waals surface area contributed by atoms with Gasteiger partial charge in [0, 0.05) is 4.88 Å². The van der Waals surface area contributed by atoms with Gasteiger partial charge < -0.3 is 10.4 Å². The van der Waals surface area contributed by atoms with Crippen LogP contribution in [0.3, 0.4) is 0 Å². The summed E-state index contributed by atoms with van der Waals surface area (Å²) in [4.78, 5) is 23.0. The second kappa shape index (κ2) is 4.93. The summed E-state index contributed by atoms with van der Waals surface area (Å²) in [6, 6.07) is 3.66. The number of hydrogen-bond donors (Lipinski definition) is 2. The SMILES string of the molecule is CC(C(=O)O)C(=O)NC(C)c1cccs1. The summed E-state index contributed by atoms with van der Waals surface area (Å²) in [6.07, 6.45) is 0. The lowest BCUT2D eigenvalue weighted by Crippen LogP contribution is -2.34. The van der Waals surface area contributed by atoms with E-state index in [4.69, 9.17) is 5.11 Å². The normalized spacial score (nSPS) is 14.3. The van der Waals surface area contributed by atoms with Crippen molar-refractivity contribution in [2.24, 2.45) is 5.92 Å². The molecule has 0 aromatic carbocycles. The molecule has 0 saturated heterocycles. The van der Waals surface area contributed by atoms with Gasteiger partial charge >= 0.3 is 5.97 Å². The van der Waals surface area contributed by atoms with Gasteiger partial charge in [-0.1, -0.05) is 6.07 Å². The highest BCUT2D eigenvalue weighted by atomic mass is 32.1. The number of carbonyl (C=O) groups is 2. The average Bonchev–Trinajstić information content (AvgIpc) is 2.68. The van der Waals surface area contributed by atoms with Crippen molar-refractivity contribution in [1.29, 1.82) is 0 Å². The number of carboxylic acid groups (broad SMARTS) is 1. The maximum atomic E-state index is 11.4. The highest BCUT2D eigenvalue weighted by Crippen LogP contribution is 2.18. The molecule has 0 aliphatic carbocycles. The van der Waals surface area contributed by atoms with Crippen molar-refractivity contribution in [3.05, 3.63) is 22.4 Å². The third-order valence-corrected chi connectivity index (χ3v) is 3.15. The van der Waals surface area contributed by atoms with E-state index >= 15 is 0 Å². The van der Waals surface area contributed by atoms with Gasteiger partial charge in [0.25, 0.3) is 0 Å². The maximum Gasteiger partial charge on any atom is 0.315 e. The summed E-state index contributed by atoms with van der Waals surface area (Å²) in [5.74, 6) is -2.57. The molecule has 0 saturated carbocycles. The van der Waals surface area contributed by atoms with Crippen LogP contribution >= 0.6 is 11.3 Å². The van der Waals surface area contributed by atoms with E-state index in [1.165, 1.54) is 18.3 Å². The minimum absolute atomic E-state index is 0.140. The quantitative estimate of drug-likeness (QED) is 0.768. The molecule has 4 nitrogen and oxygen atoms in total. The summed E-state index contributed by atoms with van der Waals surface area (Å²) >= 11 is 1.53. The van der Waals surface area contributed by atoms with Gasteiger partial charge in [-0.3, -0.25) is 9.59 Å². The van der Waals surface area contributed by atoms with Crippen molar-refractivity contribution in [1.82, 2.24) is 5.32 Å². The monoisotopic (exact) mass is 227 g/mol. The zero-order valence-corrected chi connectivity index (χ0v) is 9.38. The summed E-state index contributed by atoms with van der Waals surface area (Å²) in [5.41, 5.74) is 0. The number of nitrogens with one attached hydrogen (secondary N) is 1. The maximum absolute atomic E-state index is 11.4. The summed E-state index contributed by atoms with van der Waals surface area (Å²) < 4.78 is 0. The van der Waals surface area contributed by atoms with E-state index < -0.39 is 17.8 Å². The molecule has 2 unspecified atom stereocenters. The smallest absolute Gasteiger partial charge is 0.315 e. The fraction of sp³-hybridized carbons (Fsp3) is 0.400. The minimum Gasteiger partial charge on any atom is -0.481 e. The molecule has 1 aromatic rings. The molecule has 1 rings (SSSR count). The summed E-state index contributed by atoms with van der Waals surface area (Å²) in [7, 11) is 0. The van der Waals surface area contributed by atoms with Crippen LogP contribution in [0.15, 0.2) is 17.5 Å². The van der Waals surface area contributed by atoms with E-state index in [1.807, 2.05) is 24.4 Å². The molecule has 2 atom stereocenters. The highest BCUT2D eigenvalue weighted by Gasteiger charge is 2.22. The van der Waals surface area contributed by atoms with Crippen LogP contribution in [0.5, 0.6) is 0 Å². The number of aliphatic carboxylic acids is 1. The number of carboxylic acids is 1. The van der Waals surface area contributed by atoms with Crippen molar-refractivity contribution >= 4 is 23.2 Å². The Morgan fingerprint density at radius 3 is 2.60 bits per heavy atom. The van der Waals surface area contributed by atoms with Gasteiger partial charge in [-0.05, 0) is 25.3 Å². The first-order chi connectivity index (χ1) is 7.02. The van der Waals surface area contributed by atoms with Crippen LogP contribution in [-0.2, 0) is 9.59 Å². The van der Waals surface area contributed by atoms with Gasteiger partial charge in [-0.2, -0.15) is 0 Å². The largest absolute Gasteiger partial charge is 0.481 e.